The van der Waals surface area contributed by atoms with Gasteiger partial charge in [-0.2, -0.15) is 0 Å². The van der Waals surface area contributed by atoms with E-state index in [1.807, 2.05) is 24.0 Å². The molecule has 3 heteroatoms. The first-order valence-corrected chi connectivity index (χ1v) is 7.74. The fourth-order valence-corrected chi connectivity index (χ4v) is 3.70. The van der Waals surface area contributed by atoms with Gasteiger partial charge in [0.15, 0.2) is 0 Å². The zero-order chi connectivity index (χ0) is 14.2. The summed E-state index contributed by atoms with van der Waals surface area (Å²) in [6, 6.07) is 21.1. The van der Waals surface area contributed by atoms with Crippen molar-refractivity contribution in [2.75, 3.05) is 4.90 Å². The number of anilines is 3. The number of nitrogens with zero attached hydrogens (tertiary/aromatic N) is 2. The molecule has 21 heavy (non-hydrogen) atoms. The molecule has 2 heterocycles. The van der Waals surface area contributed by atoms with Gasteiger partial charge in [-0.15, -0.1) is 0 Å². The number of aromatic nitrogens is 1. The van der Waals surface area contributed by atoms with Crippen LogP contribution in [0.5, 0.6) is 0 Å². The van der Waals surface area contributed by atoms with Gasteiger partial charge in [0, 0.05) is 16.0 Å². The molecule has 0 aliphatic carbocycles. The Morgan fingerprint density at radius 3 is 2.05 bits per heavy atom. The lowest BCUT2D eigenvalue weighted by atomic mass is 10.2. The van der Waals surface area contributed by atoms with Crippen molar-refractivity contribution >= 4 is 29.0 Å². The van der Waals surface area contributed by atoms with Crippen LogP contribution in [-0.4, -0.2) is 4.98 Å². The lowest BCUT2D eigenvalue weighted by molar-refractivity contribution is 1.09. The molecule has 0 saturated heterocycles. The van der Waals surface area contributed by atoms with E-state index >= 15 is 0 Å². The van der Waals surface area contributed by atoms with Crippen LogP contribution >= 0.6 is 11.8 Å². The first kappa shape index (κ1) is 12.5. The van der Waals surface area contributed by atoms with Crippen LogP contribution in [0, 0.1) is 6.92 Å². The zero-order valence-corrected chi connectivity index (χ0v) is 12.5. The molecule has 2 aromatic carbocycles. The van der Waals surface area contributed by atoms with Crippen LogP contribution in [0.2, 0.25) is 0 Å². The Balaban J connectivity index is 2.00. The molecule has 3 aromatic rings. The van der Waals surface area contributed by atoms with Crippen LogP contribution in [0.1, 0.15) is 5.56 Å². The van der Waals surface area contributed by atoms with Gasteiger partial charge in [-0.05, 0) is 42.8 Å². The molecule has 0 atom stereocenters. The summed E-state index contributed by atoms with van der Waals surface area (Å²) in [5.74, 6) is 0.998. The number of rotatable bonds is 1. The van der Waals surface area contributed by atoms with Crippen molar-refractivity contribution in [3.05, 3.63) is 72.4 Å². The topological polar surface area (TPSA) is 16.1 Å². The average molecular weight is 290 g/mol. The van der Waals surface area contributed by atoms with Gasteiger partial charge in [-0.25, -0.2) is 4.98 Å². The van der Waals surface area contributed by atoms with Gasteiger partial charge >= 0.3 is 0 Å². The van der Waals surface area contributed by atoms with E-state index < -0.39 is 0 Å². The van der Waals surface area contributed by atoms with Gasteiger partial charge in [0.2, 0.25) is 0 Å². The Bertz CT molecular complexity index is 753. The minimum atomic E-state index is 0.998. The molecule has 1 aliphatic heterocycles. The van der Waals surface area contributed by atoms with Crippen LogP contribution in [0.3, 0.4) is 0 Å². The largest absolute Gasteiger partial charge is 0.293 e. The van der Waals surface area contributed by atoms with Crippen molar-refractivity contribution in [2.45, 2.75) is 16.7 Å². The minimum absolute atomic E-state index is 0.998. The average Bonchev–Trinajstić information content (AvgIpc) is 2.53. The summed E-state index contributed by atoms with van der Waals surface area (Å²) in [5, 5.41) is 0. The van der Waals surface area contributed by atoms with Crippen LogP contribution in [0.15, 0.2) is 76.7 Å². The Morgan fingerprint density at radius 1 is 0.810 bits per heavy atom. The molecule has 0 fully saturated rings. The Kier molecular flexibility index (Phi) is 2.93. The predicted molar refractivity (Wildman–Crippen MR) is 87.8 cm³/mol. The summed E-state index contributed by atoms with van der Waals surface area (Å²) in [6.07, 6.45) is 1.86. The van der Waals surface area contributed by atoms with Crippen LogP contribution in [-0.2, 0) is 0 Å². The molecule has 0 spiro atoms. The van der Waals surface area contributed by atoms with E-state index in [4.69, 9.17) is 0 Å². The van der Waals surface area contributed by atoms with Crippen molar-refractivity contribution in [3.8, 4) is 0 Å². The van der Waals surface area contributed by atoms with Crippen molar-refractivity contribution in [1.82, 2.24) is 4.98 Å². The van der Waals surface area contributed by atoms with E-state index in [2.05, 4.69) is 71.4 Å². The van der Waals surface area contributed by atoms with Gasteiger partial charge in [0.1, 0.15) is 5.82 Å². The molecule has 1 aromatic heterocycles. The third-order valence-corrected chi connectivity index (χ3v) is 4.76. The monoisotopic (exact) mass is 290 g/mol. The first-order valence-electron chi connectivity index (χ1n) is 6.92. The highest BCUT2D eigenvalue weighted by atomic mass is 32.2. The van der Waals surface area contributed by atoms with Crippen LogP contribution in [0.25, 0.3) is 0 Å². The molecule has 0 N–H and O–H groups in total. The van der Waals surface area contributed by atoms with E-state index in [1.54, 1.807) is 0 Å². The fourth-order valence-electron chi connectivity index (χ4n) is 2.64. The number of pyridine rings is 1. The predicted octanol–water partition coefficient (Wildman–Crippen LogP) is 5.32. The van der Waals surface area contributed by atoms with Crippen molar-refractivity contribution < 1.29 is 0 Å². The minimum Gasteiger partial charge on any atom is -0.293 e. The Labute approximate surface area is 128 Å². The summed E-state index contributed by atoms with van der Waals surface area (Å²) in [4.78, 5) is 9.41. The van der Waals surface area contributed by atoms with E-state index in [9.17, 15) is 0 Å². The van der Waals surface area contributed by atoms with Gasteiger partial charge in [-0.1, -0.05) is 42.1 Å². The van der Waals surface area contributed by atoms with E-state index in [1.165, 1.54) is 26.7 Å². The van der Waals surface area contributed by atoms with Crippen molar-refractivity contribution in [1.29, 1.82) is 0 Å². The third-order valence-electron chi connectivity index (χ3n) is 3.63. The van der Waals surface area contributed by atoms with E-state index in [-0.39, 0.29) is 0 Å². The molecule has 1 aliphatic rings. The highest BCUT2D eigenvalue weighted by molar-refractivity contribution is 7.99. The number of hydrogen-bond donors (Lipinski definition) is 0. The number of benzene rings is 2. The second-order valence-electron chi connectivity index (χ2n) is 5.02. The van der Waals surface area contributed by atoms with Gasteiger partial charge < -0.3 is 0 Å². The summed E-state index contributed by atoms with van der Waals surface area (Å²) in [5.41, 5.74) is 3.57. The van der Waals surface area contributed by atoms with Crippen LogP contribution in [0.4, 0.5) is 17.2 Å². The summed E-state index contributed by atoms with van der Waals surface area (Å²) in [6.45, 7) is 2.11. The maximum atomic E-state index is 4.62. The summed E-state index contributed by atoms with van der Waals surface area (Å²) < 4.78 is 0. The Morgan fingerprint density at radius 2 is 1.43 bits per heavy atom. The molecule has 0 unspecified atom stereocenters. The first-order chi connectivity index (χ1) is 10.3. The highest BCUT2D eigenvalue weighted by Gasteiger charge is 2.25. The highest BCUT2D eigenvalue weighted by Crippen LogP contribution is 2.50. The quantitative estimate of drug-likeness (QED) is 0.471. The van der Waals surface area contributed by atoms with Crippen molar-refractivity contribution in [2.24, 2.45) is 0 Å². The van der Waals surface area contributed by atoms with Crippen molar-refractivity contribution in [3.63, 3.8) is 0 Å². The number of aryl methyl sites for hydroxylation is 1. The van der Waals surface area contributed by atoms with E-state index in [0.29, 0.717) is 0 Å². The molecular formula is C18H14N2S. The Hall–Kier alpha value is -2.26. The number of hydrogen-bond acceptors (Lipinski definition) is 3. The maximum Gasteiger partial charge on any atom is 0.140 e. The molecule has 0 amide bonds. The lowest BCUT2D eigenvalue weighted by Gasteiger charge is -2.32. The normalized spacial score (nSPS) is 12.7. The molecule has 102 valence electrons. The number of para-hydroxylation sites is 2. The maximum absolute atomic E-state index is 4.62. The molecule has 2 nitrogen and oxygen atoms in total. The molecule has 4 rings (SSSR count). The molecule has 0 radical (unpaired) electrons. The third kappa shape index (κ3) is 2.01. The fraction of sp³-hybridized carbons (Fsp3) is 0.0556. The second-order valence-corrected chi connectivity index (χ2v) is 6.10. The molecule has 0 saturated carbocycles. The smallest absolute Gasteiger partial charge is 0.140 e. The molecule has 0 bridgehead atoms. The number of fused-ring (bicyclic) bond motifs is 2. The second kappa shape index (κ2) is 4.93. The van der Waals surface area contributed by atoms with E-state index in [0.717, 1.165) is 5.82 Å². The van der Waals surface area contributed by atoms with Crippen LogP contribution < -0.4 is 4.90 Å². The van der Waals surface area contributed by atoms with Gasteiger partial charge in [0.25, 0.3) is 0 Å². The SMILES string of the molecule is Cc1cccnc1N1c2ccccc2Sc2ccccc21. The molecular weight excluding hydrogens is 276 g/mol. The summed E-state index contributed by atoms with van der Waals surface area (Å²) in [7, 11) is 0. The van der Waals surface area contributed by atoms with Gasteiger partial charge in [-0.3, -0.25) is 4.90 Å². The summed E-state index contributed by atoms with van der Waals surface area (Å²) >= 11 is 1.82. The lowest BCUT2D eigenvalue weighted by Crippen LogP contribution is -2.16. The standard InChI is InChI=1S/C18H14N2S/c1-13-7-6-12-19-18(13)20-14-8-2-4-10-16(14)21-17-11-5-3-9-15(17)20/h2-12H,1H3. The van der Waals surface area contributed by atoms with Gasteiger partial charge in [0.05, 0.1) is 11.4 Å². The zero-order valence-electron chi connectivity index (χ0n) is 11.7.